The van der Waals surface area contributed by atoms with Crippen LogP contribution in [0.15, 0.2) is 18.2 Å². The number of benzene rings is 1. The van der Waals surface area contributed by atoms with Crippen molar-refractivity contribution >= 4 is 52.3 Å². The number of halogens is 2. The van der Waals surface area contributed by atoms with Crippen molar-refractivity contribution in [1.82, 2.24) is 20.2 Å². The Balaban J connectivity index is 2.41. The van der Waals surface area contributed by atoms with Gasteiger partial charge in [0.2, 0.25) is 0 Å². The molecular weight excluding hydrogens is 305 g/mol. The fourth-order valence-corrected chi connectivity index (χ4v) is 2.53. The van der Waals surface area contributed by atoms with Crippen LogP contribution in [0, 0.1) is 4.77 Å². The minimum absolute atomic E-state index is 0.306. The van der Waals surface area contributed by atoms with E-state index in [4.69, 9.17) is 41.2 Å². The predicted octanol–water partition coefficient (Wildman–Crippen LogP) is 3.57. The molecule has 0 unspecified atom stereocenters. The number of hydrogen-bond acceptors (Lipinski definition) is 4. The van der Waals surface area contributed by atoms with Gasteiger partial charge in [-0.25, -0.2) is 4.98 Å². The molecule has 0 bridgehead atoms. The Labute approximate surface area is 122 Å². The highest BCUT2D eigenvalue weighted by Gasteiger charge is 2.15. The van der Waals surface area contributed by atoms with E-state index in [-0.39, 0.29) is 0 Å². The van der Waals surface area contributed by atoms with Gasteiger partial charge in [-0.3, -0.25) is 5.10 Å². The summed E-state index contributed by atoms with van der Waals surface area (Å²) in [5.41, 5.74) is 7.68. The second-order valence-corrected chi connectivity index (χ2v) is 5.11. The van der Waals surface area contributed by atoms with Gasteiger partial charge in [0.1, 0.15) is 5.82 Å². The molecule has 3 aromatic rings. The Bertz CT molecular complexity index is 839. The number of anilines is 1. The molecule has 4 N–H and O–H groups in total. The third-order valence-electron chi connectivity index (χ3n) is 2.66. The number of nitrogens with one attached hydrogen (secondary N) is 2. The zero-order valence-electron chi connectivity index (χ0n) is 9.37. The summed E-state index contributed by atoms with van der Waals surface area (Å²) in [4.78, 5) is 7.15. The lowest BCUT2D eigenvalue weighted by Gasteiger charge is -2.05. The highest BCUT2D eigenvalue weighted by Crippen LogP contribution is 2.34. The summed E-state index contributed by atoms with van der Waals surface area (Å²) in [5, 5.41) is 8.39. The van der Waals surface area contributed by atoms with Crippen molar-refractivity contribution in [3.8, 4) is 11.3 Å². The van der Waals surface area contributed by atoms with Crippen molar-refractivity contribution in [3.05, 3.63) is 33.0 Å². The molecule has 0 aliphatic carbocycles. The van der Waals surface area contributed by atoms with Gasteiger partial charge in [-0.2, -0.15) is 5.10 Å². The molecule has 96 valence electrons. The van der Waals surface area contributed by atoms with Crippen LogP contribution in [-0.2, 0) is 0 Å². The maximum atomic E-state index is 6.20. The largest absolute Gasteiger partial charge is 0.383 e. The number of aromatic nitrogens is 4. The van der Waals surface area contributed by atoms with Crippen molar-refractivity contribution in [2.75, 3.05) is 5.73 Å². The van der Waals surface area contributed by atoms with Gasteiger partial charge >= 0.3 is 0 Å². The van der Waals surface area contributed by atoms with Gasteiger partial charge in [-0.15, -0.1) is 0 Å². The van der Waals surface area contributed by atoms with Crippen LogP contribution in [0.4, 0.5) is 5.82 Å². The lowest BCUT2D eigenvalue weighted by atomic mass is 10.1. The second-order valence-electron chi connectivity index (χ2n) is 3.88. The SMILES string of the molecule is Nc1[nH]nc2[nH]c(=S)nc(-c3ccc(Cl)cc3Cl)c12. The fraction of sp³-hybridized carbons (Fsp3) is 0. The fourth-order valence-electron chi connectivity index (χ4n) is 1.85. The number of nitrogen functional groups attached to an aromatic ring is 1. The Morgan fingerprint density at radius 1 is 1.26 bits per heavy atom. The van der Waals surface area contributed by atoms with Crippen LogP contribution in [0.1, 0.15) is 0 Å². The van der Waals surface area contributed by atoms with Crippen LogP contribution in [0.25, 0.3) is 22.3 Å². The number of hydrogen-bond donors (Lipinski definition) is 3. The average molecular weight is 312 g/mol. The Morgan fingerprint density at radius 3 is 2.79 bits per heavy atom. The van der Waals surface area contributed by atoms with E-state index in [1.807, 2.05) is 0 Å². The van der Waals surface area contributed by atoms with E-state index in [0.717, 1.165) is 0 Å². The standard InChI is InChI=1S/C11H7Cl2N5S/c12-4-1-2-5(6(13)3-4)8-7-9(14)17-18-10(7)16-11(19)15-8/h1-3H,(H4,14,15,16,17,18,19). The van der Waals surface area contributed by atoms with Crippen molar-refractivity contribution in [1.29, 1.82) is 0 Å². The number of nitrogens with zero attached hydrogens (tertiary/aromatic N) is 2. The van der Waals surface area contributed by atoms with Gasteiger partial charge in [0, 0.05) is 10.6 Å². The van der Waals surface area contributed by atoms with Gasteiger partial charge < -0.3 is 10.7 Å². The van der Waals surface area contributed by atoms with Gasteiger partial charge in [-0.1, -0.05) is 23.2 Å². The molecular formula is C11H7Cl2N5S. The van der Waals surface area contributed by atoms with E-state index >= 15 is 0 Å². The molecule has 1 aromatic carbocycles. The first-order chi connectivity index (χ1) is 9.06. The highest BCUT2D eigenvalue weighted by molar-refractivity contribution is 7.71. The van der Waals surface area contributed by atoms with Gasteiger partial charge in [-0.05, 0) is 30.4 Å². The van der Waals surface area contributed by atoms with Gasteiger partial charge in [0.25, 0.3) is 0 Å². The molecule has 0 radical (unpaired) electrons. The lowest BCUT2D eigenvalue weighted by molar-refractivity contribution is 1.09. The summed E-state index contributed by atoms with van der Waals surface area (Å²) in [7, 11) is 0. The molecule has 19 heavy (non-hydrogen) atoms. The number of rotatable bonds is 1. The molecule has 2 heterocycles. The number of nitrogens with two attached hydrogens (primary N) is 1. The smallest absolute Gasteiger partial charge is 0.199 e. The normalized spacial score (nSPS) is 11.1. The van der Waals surface area contributed by atoms with Crippen molar-refractivity contribution < 1.29 is 0 Å². The van der Waals surface area contributed by atoms with Crippen LogP contribution < -0.4 is 5.73 Å². The molecule has 2 aromatic heterocycles. The summed E-state index contributed by atoms with van der Waals surface area (Å²) >= 11 is 17.2. The van der Waals surface area contributed by atoms with Crippen molar-refractivity contribution in [3.63, 3.8) is 0 Å². The monoisotopic (exact) mass is 311 g/mol. The molecule has 5 nitrogen and oxygen atoms in total. The molecule has 8 heteroatoms. The van der Waals surface area contributed by atoms with Gasteiger partial charge in [0.05, 0.1) is 16.1 Å². The molecule has 0 fully saturated rings. The predicted molar refractivity (Wildman–Crippen MR) is 78.9 cm³/mol. The zero-order chi connectivity index (χ0) is 13.6. The Kier molecular flexibility index (Phi) is 2.93. The number of fused-ring (bicyclic) bond motifs is 1. The topological polar surface area (TPSA) is 83.4 Å². The minimum atomic E-state index is 0.306. The lowest BCUT2D eigenvalue weighted by Crippen LogP contribution is -1.93. The molecule has 0 spiro atoms. The highest BCUT2D eigenvalue weighted by atomic mass is 35.5. The van der Waals surface area contributed by atoms with Crippen molar-refractivity contribution in [2.24, 2.45) is 0 Å². The van der Waals surface area contributed by atoms with Crippen LogP contribution in [0.2, 0.25) is 10.0 Å². The summed E-state index contributed by atoms with van der Waals surface area (Å²) in [6.07, 6.45) is 0. The maximum Gasteiger partial charge on any atom is 0.199 e. The first kappa shape index (κ1) is 12.4. The minimum Gasteiger partial charge on any atom is -0.383 e. The summed E-state index contributed by atoms with van der Waals surface area (Å²) in [5.74, 6) is 0.398. The van der Waals surface area contributed by atoms with Crippen LogP contribution in [0.5, 0.6) is 0 Å². The molecule has 0 atom stereocenters. The van der Waals surface area contributed by atoms with E-state index < -0.39 is 0 Å². The summed E-state index contributed by atoms with van der Waals surface area (Å²) in [6, 6.07) is 5.14. The Hall–Kier alpha value is -1.63. The molecule has 0 amide bonds. The third-order valence-corrected chi connectivity index (χ3v) is 3.40. The summed E-state index contributed by atoms with van der Waals surface area (Å²) in [6.45, 7) is 0. The molecule has 0 aliphatic rings. The molecule has 0 saturated carbocycles. The van der Waals surface area contributed by atoms with E-state index in [9.17, 15) is 0 Å². The molecule has 0 aliphatic heterocycles. The Morgan fingerprint density at radius 2 is 2.05 bits per heavy atom. The van der Waals surface area contributed by atoms with Gasteiger partial charge in [0.15, 0.2) is 10.4 Å². The third kappa shape index (κ3) is 2.07. The van der Waals surface area contributed by atoms with Crippen LogP contribution >= 0.6 is 35.4 Å². The quantitative estimate of drug-likeness (QED) is 0.600. The zero-order valence-corrected chi connectivity index (χ0v) is 11.7. The maximum absolute atomic E-state index is 6.20. The van der Waals surface area contributed by atoms with Crippen LogP contribution in [0.3, 0.4) is 0 Å². The first-order valence-electron chi connectivity index (χ1n) is 5.25. The van der Waals surface area contributed by atoms with Crippen LogP contribution in [-0.4, -0.2) is 20.2 Å². The van der Waals surface area contributed by atoms with E-state index in [1.165, 1.54) is 0 Å². The van der Waals surface area contributed by atoms with Crippen molar-refractivity contribution in [2.45, 2.75) is 0 Å². The van der Waals surface area contributed by atoms with E-state index in [2.05, 4.69) is 20.2 Å². The van der Waals surface area contributed by atoms with E-state index in [0.29, 0.717) is 42.9 Å². The average Bonchev–Trinajstić information content (AvgIpc) is 2.70. The molecule has 3 rings (SSSR count). The number of aromatic amines is 2. The first-order valence-corrected chi connectivity index (χ1v) is 6.42. The summed E-state index contributed by atoms with van der Waals surface area (Å²) < 4.78 is 0.306. The second kappa shape index (κ2) is 4.48. The number of H-pyrrole nitrogens is 2. The van der Waals surface area contributed by atoms with E-state index in [1.54, 1.807) is 18.2 Å². The molecule has 0 saturated heterocycles.